The van der Waals surface area contributed by atoms with Crippen LogP contribution < -0.4 is 9.47 Å². The molecule has 19 heavy (non-hydrogen) atoms. The molecule has 2 rings (SSSR count). The summed E-state index contributed by atoms with van der Waals surface area (Å²) in [7, 11) is 1.63. The smallest absolute Gasteiger partial charge is 0.125 e. The van der Waals surface area contributed by atoms with E-state index in [1.54, 1.807) is 25.3 Å². The Morgan fingerprint density at radius 3 is 2.37 bits per heavy atom. The van der Waals surface area contributed by atoms with E-state index < -0.39 is 0 Å². The molecule has 0 bridgehead atoms. The van der Waals surface area contributed by atoms with Crippen LogP contribution in [0.3, 0.4) is 0 Å². The molecular formula is C14H11BrCl2O2. The fraction of sp³-hybridized carbons (Fsp3) is 0.143. The maximum absolute atomic E-state index is 5.92. The standard InChI is InChI=1S/C14H11BrCl2O2/c1-18-14-3-2-10(15)4-9(14)8-19-13-6-11(16)5-12(17)7-13/h2-7H,8H2,1H3. The van der Waals surface area contributed by atoms with Gasteiger partial charge in [0.1, 0.15) is 18.1 Å². The number of methoxy groups -OCH3 is 1. The molecule has 0 amide bonds. The topological polar surface area (TPSA) is 18.5 Å². The quantitative estimate of drug-likeness (QED) is 0.731. The van der Waals surface area contributed by atoms with Crippen molar-refractivity contribution in [3.8, 4) is 11.5 Å². The van der Waals surface area contributed by atoms with Crippen molar-refractivity contribution in [2.24, 2.45) is 0 Å². The van der Waals surface area contributed by atoms with E-state index in [2.05, 4.69) is 15.9 Å². The van der Waals surface area contributed by atoms with Gasteiger partial charge in [-0.1, -0.05) is 39.1 Å². The molecule has 0 saturated carbocycles. The zero-order chi connectivity index (χ0) is 13.8. The molecule has 100 valence electrons. The Morgan fingerprint density at radius 1 is 1.05 bits per heavy atom. The molecule has 0 unspecified atom stereocenters. The molecule has 5 heteroatoms. The molecular weight excluding hydrogens is 351 g/mol. The lowest BCUT2D eigenvalue weighted by atomic mass is 10.2. The normalized spacial score (nSPS) is 10.3. The van der Waals surface area contributed by atoms with Crippen molar-refractivity contribution in [2.45, 2.75) is 6.61 Å². The van der Waals surface area contributed by atoms with E-state index >= 15 is 0 Å². The third-order valence-corrected chi connectivity index (χ3v) is 3.40. The molecule has 0 N–H and O–H groups in total. The average Bonchev–Trinajstić information content (AvgIpc) is 2.35. The molecule has 0 spiro atoms. The summed E-state index contributed by atoms with van der Waals surface area (Å²) in [5.74, 6) is 1.40. The van der Waals surface area contributed by atoms with Gasteiger partial charge in [0, 0.05) is 20.1 Å². The molecule has 0 fully saturated rings. The number of hydrogen-bond donors (Lipinski definition) is 0. The third-order valence-electron chi connectivity index (χ3n) is 2.47. The molecule has 0 radical (unpaired) electrons. The van der Waals surface area contributed by atoms with E-state index in [9.17, 15) is 0 Å². The Kier molecular flexibility index (Phi) is 4.97. The van der Waals surface area contributed by atoms with Gasteiger partial charge < -0.3 is 9.47 Å². The highest BCUT2D eigenvalue weighted by Gasteiger charge is 2.06. The fourth-order valence-corrected chi connectivity index (χ4v) is 2.55. The minimum atomic E-state index is 0.374. The highest BCUT2D eigenvalue weighted by atomic mass is 79.9. The lowest BCUT2D eigenvalue weighted by Crippen LogP contribution is -1.98. The van der Waals surface area contributed by atoms with Crippen molar-refractivity contribution in [2.75, 3.05) is 7.11 Å². The summed E-state index contributed by atoms with van der Waals surface area (Å²) in [4.78, 5) is 0. The predicted octanol–water partition coefficient (Wildman–Crippen LogP) is 5.34. The average molecular weight is 362 g/mol. The van der Waals surface area contributed by atoms with Crippen LogP contribution in [0.2, 0.25) is 10.0 Å². The summed E-state index contributed by atoms with van der Waals surface area (Å²) in [6.07, 6.45) is 0. The van der Waals surface area contributed by atoms with Gasteiger partial charge in [-0.3, -0.25) is 0 Å². The van der Waals surface area contributed by atoms with Crippen LogP contribution in [0.1, 0.15) is 5.56 Å². The van der Waals surface area contributed by atoms with Crippen molar-refractivity contribution in [1.29, 1.82) is 0 Å². The number of rotatable bonds is 4. The van der Waals surface area contributed by atoms with E-state index in [1.807, 2.05) is 18.2 Å². The van der Waals surface area contributed by atoms with E-state index in [1.165, 1.54) is 0 Å². The van der Waals surface area contributed by atoms with E-state index in [-0.39, 0.29) is 0 Å². The Morgan fingerprint density at radius 2 is 1.74 bits per heavy atom. The zero-order valence-electron chi connectivity index (χ0n) is 10.1. The minimum absolute atomic E-state index is 0.374. The van der Waals surface area contributed by atoms with E-state index in [0.29, 0.717) is 22.4 Å². The molecule has 0 saturated heterocycles. The number of benzene rings is 2. The molecule has 0 atom stereocenters. The van der Waals surface area contributed by atoms with Crippen molar-refractivity contribution in [3.63, 3.8) is 0 Å². The summed E-state index contributed by atoms with van der Waals surface area (Å²) in [6, 6.07) is 10.8. The van der Waals surface area contributed by atoms with Crippen molar-refractivity contribution < 1.29 is 9.47 Å². The lowest BCUT2D eigenvalue weighted by Gasteiger charge is -2.11. The summed E-state index contributed by atoms with van der Waals surface area (Å²) in [5, 5.41) is 1.09. The zero-order valence-corrected chi connectivity index (χ0v) is 13.2. The van der Waals surface area contributed by atoms with Crippen LogP contribution in [0.15, 0.2) is 40.9 Å². The van der Waals surface area contributed by atoms with Crippen LogP contribution in [-0.4, -0.2) is 7.11 Å². The Bertz CT molecular complexity index is 567. The number of hydrogen-bond acceptors (Lipinski definition) is 2. The largest absolute Gasteiger partial charge is 0.496 e. The number of ether oxygens (including phenoxy) is 2. The third kappa shape index (κ3) is 4.03. The first-order valence-corrected chi connectivity index (χ1v) is 7.04. The second kappa shape index (κ2) is 6.51. The van der Waals surface area contributed by atoms with Crippen molar-refractivity contribution in [1.82, 2.24) is 0 Å². The van der Waals surface area contributed by atoms with Gasteiger partial charge in [-0.25, -0.2) is 0 Å². The summed E-state index contributed by atoms with van der Waals surface area (Å²) < 4.78 is 11.9. The Labute approximate surface area is 130 Å². The number of halogens is 3. The van der Waals surface area contributed by atoms with Crippen LogP contribution in [0.25, 0.3) is 0 Å². The molecule has 2 aromatic carbocycles. The van der Waals surface area contributed by atoms with Gasteiger partial charge in [0.05, 0.1) is 7.11 Å². The van der Waals surface area contributed by atoms with Crippen molar-refractivity contribution >= 4 is 39.1 Å². The maximum Gasteiger partial charge on any atom is 0.125 e. The monoisotopic (exact) mass is 360 g/mol. The summed E-state index contributed by atoms with van der Waals surface area (Å²) in [6.45, 7) is 0.374. The Hall–Kier alpha value is -0.900. The first kappa shape index (κ1) is 14.5. The van der Waals surface area contributed by atoms with Crippen molar-refractivity contribution in [3.05, 3.63) is 56.5 Å². The van der Waals surface area contributed by atoms with Crippen LogP contribution in [0, 0.1) is 0 Å². The van der Waals surface area contributed by atoms with Crippen LogP contribution in [0.4, 0.5) is 0 Å². The van der Waals surface area contributed by atoms with Crippen LogP contribution in [-0.2, 0) is 6.61 Å². The van der Waals surface area contributed by atoms with Crippen LogP contribution in [0.5, 0.6) is 11.5 Å². The fourth-order valence-electron chi connectivity index (χ4n) is 1.63. The summed E-state index contributed by atoms with van der Waals surface area (Å²) in [5.41, 5.74) is 0.938. The molecule has 2 aromatic rings. The maximum atomic E-state index is 5.92. The van der Waals surface area contributed by atoms with Crippen LogP contribution >= 0.6 is 39.1 Å². The van der Waals surface area contributed by atoms with Gasteiger partial charge in [-0.15, -0.1) is 0 Å². The van der Waals surface area contributed by atoms with Gasteiger partial charge in [0.15, 0.2) is 0 Å². The molecule has 0 heterocycles. The van der Waals surface area contributed by atoms with Gasteiger partial charge >= 0.3 is 0 Å². The minimum Gasteiger partial charge on any atom is -0.496 e. The van der Waals surface area contributed by atoms with Gasteiger partial charge in [0.2, 0.25) is 0 Å². The van der Waals surface area contributed by atoms with Gasteiger partial charge in [-0.2, -0.15) is 0 Å². The van der Waals surface area contributed by atoms with Gasteiger partial charge in [-0.05, 0) is 36.4 Å². The summed E-state index contributed by atoms with van der Waals surface area (Å²) >= 11 is 15.3. The highest BCUT2D eigenvalue weighted by molar-refractivity contribution is 9.10. The molecule has 0 aliphatic rings. The van der Waals surface area contributed by atoms with E-state index in [0.717, 1.165) is 15.8 Å². The molecule has 0 aromatic heterocycles. The highest BCUT2D eigenvalue weighted by Crippen LogP contribution is 2.27. The van der Waals surface area contributed by atoms with Gasteiger partial charge in [0.25, 0.3) is 0 Å². The molecule has 0 aliphatic carbocycles. The van der Waals surface area contributed by atoms with E-state index in [4.69, 9.17) is 32.7 Å². The predicted molar refractivity (Wildman–Crippen MR) is 81.5 cm³/mol. The second-order valence-electron chi connectivity index (χ2n) is 3.85. The second-order valence-corrected chi connectivity index (χ2v) is 5.64. The molecule has 0 aliphatic heterocycles. The molecule has 2 nitrogen and oxygen atoms in total. The first-order valence-electron chi connectivity index (χ1n) is 5.50. The Balaban J connectivity index is 2.16. The SMILES string of the molecule is COc1ccc(Br)cc1COc1cc(Cl)cc(Cl)c1. The first-order chi connectivity index (χ1) is 9.08. The lowest BCUT2D eigenvalue weighted by molar-refractivity contribution is 0.296.